The molecule has 0 aliphatic carbocycles. The van der Waals surface area contributed by atoms with Crippen molar-refractivity contribution in [3.8, 4) is 0 Å². The number of aliphatic hydroxyl groups is 1. The number of aliphatic hydroxyl groups excluding tert-OH is 1. The van der Waals surface area contributed by atoms with Crippen LogP contribution in [0.4, 0.5) is 5.69 Å². The molecule has 10 heteroatoms. The van der Waals surface area contributed by atoms with Crippen LogP contribution in [0.3, 0.4) is 0 Å². The van der Waals surface area contributed by atoms with Crippen LogP contribution in [0.1, 0.15) is 18.5 Å². The maximum Gasteiger partial charge on any atom is 0.328 e. The van der Waals surface area contributed by atoms with Crippen LogP contribution in [0.25, 0.3) is 0 Å². The summed E-state index contributed by atoms with van der Waals surface area (Å²) in [5.41, 5.74) is 2.04. The minimum atomic E-state index is -1.26. The number of aliphatic carboxylic acids is 2. The SMILES string of the molecule is O=C(CN1CCN(CCO)CC1)N1CCCCc2ncccc21.O=C(O)/C=C/C(=O)O. The summed E-state index contributed by atoms with van der Waals surface area (Å²) in [6, 6.07) is 3.93. The first kappa shape index (κ1) is 24.4. The standard InChI is InChI=1S/C17H26N4O2.C4H4O4/c22-13-12-19-8-10-20(11-9-19)14-17(23)21-7-2-1-4-15-16(21)5-3-6-18-15;5-3(6)1-2-4(7)8/h3,5-6,22H,1-2,4,7-14H2;1-2H,(H,5,6)(H,7,8)/b;2-1+. The van der Waals surface area contributed by atoms with Gasteiger partial charge in [-0.1, -0.05) is 0 Å². The molecule has 1 saturated heterocycles. The van der Waals surface area contributed by atoms with Crippen LogP contribution in [0, 0.1) is 0 Å². The molecule has 2 aliphatic rings. The normalized spacial score (nSPS) is 17.4. The van der Waals surface area contributed by atoms with Gasteiger partial charge in [-0.05, 0) is 31.4 Å². The number of carboxylic acids is 2. The Morgan fingerprint density at radius 3 is 2.23 bits per heavy atom. The number of carboxylic acid groups (broad SMARTS) is 2. The first-order valence-corrected chi connectivity index (χ1v) is 10.3. The summed E-state index contributed by atoms with van der Waals surface area (Å²) in [5, 5.41) is 24.6. The number of nitrogens with zero attached hydrogens (tertiary/aromatic N) is 4. The molecule has 1 amide bonds. The zero-order valence-corrected chi connectivity index (χ0v) is 17.5. The molecule has 3 N–H and O–H groups in total. The number of hydrogen-bond donors (Lipinski definition) is 3. The number of pyridine rings is 1. The largest absolute Gasteiger partial charge is 0.478 e. The van der Waals surface area contributed by atoms with E-state index in [2.05, 4.69) is 14.8 Å². The van der Waals surface area contributed by atoms with Crippen LogP contribution in [-0.2, 0) is 20.8 Å². The summed E-state index contributed by atoms with van der Waals surface area (Å²) in [7, 11) is 0. The Kier molecular flexibility index (Phi) is 10.1. The van der Waals surface area contributed by atoms with Gasteiger partial charge in [-0.2, -0.15) is 0 Å². The summed E-state index contributed by atoms with van der Waals surface area (Å²) in [6.45, 7) is 5.82. The summed E-state index contributed by atoms with van der Waals surface area (Å²) < 4.78 is 0. The van der Waals surface area contributed by atoms with Crippen molar-refractivity contribution >= 4 is 23.5 Å². The van der Waals surface area contributed by atoms with Crippen LogP contribution in [0.2, 0.25) is 0 Å². The fourth-order valence-corrected chi connectivity index (χ4v) is 3.54. The van der Waals surface area contributed by atoms with Gasteiger partial charge in [0.25, 0.3) is 0 Å². The lowest BCUT2D eigenvalue weighted by Crippen LogP contribution is -2.50. The van der Waals surface area contributed by atoms with Gasteiger partial charge >= 0.3 is 11.9 Å². The molecule has 0 saturated carbocycles. The molecule has 0 spiro atoms. The van der Waals surface area contributed by atoms with Gasteiger partial charge in [-0.25, -0.2) is 9.59 Å². The van der Waals surface area contributed by atoms with Gasteiger partial charge in [0, 0.05) is 57.6 Å². The summed E-state index contributed by atoms with van der Waals surface area (Å²) in [5.74, 6) is -2.34. The van der Waals surface area contributed by atoms with Crippen molar-refractivity contribution in [2.75, 3.05) is 57.3 Å². The number of aromatic nitrogens is 1. The van der Waals surface area contributed by atoms with E-state index in [4.69, 9.17) is 15.3 Å². The zero-order chi connectivity index (χ0) is 22.6. The topological polar surface area (TPSA) is 135 Å². The maximum absolute atomic E-state index is 12.8. The number of hydrogen-bond acceptors (Lipinski definition) is 7. The number of fused-ring (bicyclic) bond motifs is 1. The second-order valence-electron chi connectivity index (χ2n) is 7.32. The fraction of sp³-hybridized carbons (Fsp3) is 0.524. The Morgan fingerprint density at radius 2 is 1.61 bits per heavy atom. The van der Waals surface area contributed by atoms with Crippen molar-refractivity contribution in [3.05, 3.63) is 36.2 Å². The number of β-amino-alcohol motifs (C(OH)–C–C–N with tert-alkyl or cyclic N) is 1. The lowest BCUT2D eigenvalue weighted by Gasteiger charge is -2.35. The Labute approximate surface area is 181 Å². The van der Waals surface area contributed by atoms with E-state index in [1.165, 1.54) is 0 Å². The molecule has 0 aromatic carbocycles. The van der Waals surface area contributed by atoms with Gasteiger partial charge in [0.1, 0.15) is 0 Å². The summed E-state index contributed by atoms with van der Waals surface area (Å²) in [4.78, 5) is 42.7. The van der Waals surface area contributed by atoms with Crippen LogP contribution in [0.15, 0.2) is 30.5 Å². The predicted octanol–water partition coefficient (Wildman–Crippen LogP) is 0.0726. The third-order valence-electron chi connectivity index (χ3n) is 5.11. The second kappa shape index (κ2) is 12.8. The highest BCUT2D eigenvalue weighted by molar-refractivity contribution is 5.95. The Bertz CT molecular complexity index is 761. The van der Waals surface area contributed by atoms with Crippen molar-refractivity contribution in [2.24, 2.45) is 0 Å². The Balaban J connectivity index is 0.000000366. The lowest BCUT2D eigenvalue weighted by atomic mass is 10.2. The third-order valence-corrected chi connectivity index (χ3v) is 5.11. The fourth-order valence-electron chi connectivity index (χ4n) is 3.54. The molecule has 1 fully saturated rings. The van der Waals surface area contributed by atoms with Crippen LogP contribution in [-0.4, -0.2) is 100 Å². The molecule has 3 rings (SSSR count). The van der Waals surface area contributed by atoms with E-state index in [0.29, 0.717) is 18.7 Å². The van der Waals surface area contributed by atoms with Crippen molar-refractivity contribution in [3.63, 3.8) is 0 Å². The molecule has 31 heavy (non-hydrogen) atoms. The van der Waals surface area contributed by atoms with Gasteiger partial charge in [0.15, 0.2) is 0 Å². The molecule has 1 aromatic heterocycles. The summed E-state index contributed by atoms with van der Waals surface area (Å²) in [6.07, 6.45) is 6.01. The average Bonchev–Trinajstić information content (AvgIpc) is 2.97. The smallest absolute Gasteiger partial charge is 0.328 e. The number of rotatable bonds is 6. The van der Waals surface area contributed by atoms with E-state index < -0.39 is 11.9 Å². The molecule has 0 atom stereocenters. The van der Waals surface area contributed by atoms with E-state index >= 15 is 0 Å². The van der Waals surface area contributed by atoms with E-state index in [0.717, 1.165) is 69.9 Å². The molecule has 0 radical (unpaired) electrons. The molecule has 170 valence electrons. The van der Waals surface area contributed by atoms with Crippen LogP contribution < -0.4 is 4.90 Å². The Morgan fingerprint density at radius 1 is 0.968 bits per heavy atom. The molecule has 0 bridgehead atoms. The summed E-state index contributed by atoms with van der Waals surface area (Å²) >= 11 is 0. The van der Waals surface area contributed by atoms with Gasteiger partial charge in [0.05, 0.1) is 24.5 Å². The van der Waals surface area contributed by atoms with E-state index in [9.17, 15) is 14.4 Å². The average molecular weight is 434 g/mol. The quantitative estimate of drug-likeness (QED) is 0.532. The highest BCUT2D eigenvalue weighted by Crippen LogP contribution is 2.24. The van der Waals surface area contributed by atoms with E-state index in [1.54, 1.807) is 0 Å². The van der Waals surface area contributed by atoms with E-state index in [1.807, 2.05) is 23.2 Å². The van der Waals surface area contributed by atoms with Crippen molar-refractivity contribution in [2.45, 2.75) is 19.3 Å². The first-order valence-electron chi connectivity index (χ1n) is 10.3. The number of carbonyl (C=O) groups is 3. The number of aryl methyl sites for hydroxylation is 1. The zero-order valence-electron chi connectivity index (χ0n) is 17.5. The molecular formula is C21H30N4O6. The minimum Gasteiger partial charge on any atom is -0.478 e. The maximum atomic E-state index is 12.8. The molecule has 2 aliphatic heterocycles. The van der Waals surface area contributed by atoms with Crippen molar-refractivity contribution < 1.29 is 29.7 Å². The monoisotopic (exact) mass is 434 g/mol. The third kappa shape index (κ3) is 8.44. The highest BCUT2D eigenvalue weighted by atomic mass is 16.4. The molecular weight excluding hydrogens is 404 g/mol. The molecule has 0 unspecified atom stereocenters. The second-order valence-corrected chi connectivity index (χ2v) is 7.32. The first-order chi connectivity index (χ1) is 14.9. The lowest BCUT2D eigenvalue weighted by molar-refractivity contribution is -0.134. The number of carbonyl (C=O) groups excluding carboxylic acids is 1. The Hall–Kier alpha value is -2.82. The van der Waals surface area contributed by atoms with Gasteiger partial charge < -0.3 is 20.2 Å². The highest BCUT2D eigenvalue weighted by Gasteiger charge is 2.25. The van der Waals surface area contributed by atoms with Gasteiger partial charge in [0.2, 0.25) is 5.91 Å². The van der Waals surface area contributed by atoms with Crippen LogP contribution >= 0.6 is 0 Å². The van der Waals surface area contributed by atoms with E-state index in [-0.39, 0.29) is 12.5 Å². The molecule has 10 nitrogen and oxygen atoms in total. The van der Waals surface area contributed by atoms with Crippen molar-refractivity contribution in [1.82, 2.24) is 14.8 Å². The number of piperazine rings is 1. The number of anilines is 1. The van der Waals surface area contributed by atoms with Crippen molar-refractivity contribution in [1.29, 1.82) is 0 Å². The van der Waals surface area contributed by atoms with Crippen LogP contribution in [0.5, 0.6) is 0 Å². The molecule has 1 aromatic rings. The predicted molar refractivity (Wildman–Crippen MR) is 114 cm³/mol. The van der Waals surface area contributed by atoms with Gasteiger partial charge in [-0.3, -0.25) is 19.6 Å². The van der Waals surface area contributed by atoms with Gasteiger partial charge in [-0.15, -0.1) is 0 Å². The minimum absolute atomic E-state index is 0.178. The number of amides is 1. The molecule has 3 heterocycles.